The fourth-order valence-corrected chi connectivity index (χ4v) is 2.82. The Morgan fingerprint density at radius 1 is 0.516 bits per heavy atom. The molecule has 0 aliphatic carbocycles. The van der Waals surface area contributed by atoms with Gasteiger partial charge in [0.1, 0.15) is 0 Å². The molecular weight excluding hydrogens is 440 g/mol. The Bertz CT molecular complexity index is 366. The Hall–Kier alpha value is -1.07. The number of carboxylic acid groups (broad SMARTS) is 3. The Morgan fingerprint density at radius 2 is 0.710 bits per heavy atom. The second-order valence-electron chi connectivity index (χ2n) is 7.70. The molecule has 0 N–H and O–H groups in total. The van der Waals surface area contributed by atoms with Gasteiger partial charge >= 0.3 is 17.1 Å². The largest absolute Gasteiger partial charge is 3.00 e. The quantitative estimate of drug-likeness (QED) is 0.329. The van der Waals surface area contributed by atoms with Crippen molar-refractivity contribution in [3.63, 3.8) is 0 Å². The van der Waals surface area contributed by atoms with E-state index in [1.54, 1.807) is 0 Å². The molecule has 3 atom stereocenters. The predicted molar refractivity (Wildman–Crippen MR) is 115 cm³/mol. The summed E-state index contributed by atoms with van der Waals surface area (Å²) in [6.07, 6.45) is 10.6. The predicted octanol–water partition coefficient (Wildman–Crippen LogP) is 2.86. The Labute approximate surface area is 201 Å². The topological polar surface area (TPSA) is 120 Å². The Kier molecular flexibility index (Phi) is 32.4. The maximum Gasteiger partial charge on any atom is 3.00 e. The molecule has 0 spiro atoms. The molecule has 0 aliphatic heterocycles. The van der Waals surface area contributed by atoms with Gasteiger partial charge in [-0.05, 0) is 56.3 Å². The molecule has 3 unspecified atom stereocenters. The van der Waals surface area contributed by atoms with Crippen LogP contribution in [-0.2, 0) is 31.5 Å². The molecule has 6 nitrogen and oxygen atoms in total. The van der Waals surface area contributed by atoms with Crippen LogP contribution in [-0.4, -0.2) is 17.9 Å². The number of hydrogen-bond donors (Lipinski definition) is 0. The molecule has 0 amide bonds. The minimum Gasteiger partial charge on any atom is -0.550 e. The summed E-state index contributed by atoms with van der Waals surface area (Å²) in [5.74, 6) is -3.34. The van der Waals surface area contributed by atoms with Crippen molar-refractivity contribution in [1.82, 2.24) is 0 Å². The van der Waals surface area contributed by atoms with Crippen LogP contribution >= 0.6 is 0 Å². The zero-order chi connectivity index (χ0) is 23.9. The van der Waals surface area contributed by atoms with E-state index in [4.69, 9.17) is 0 Å². The van der Waals surface area contributed by atoms with Crippen LogP contribution < -0.4 is 15.3 Å². The molecule has 1 radical (unpaired) electrons. The van der Waals surface area contributed by atoms with Gasteiger partial charge in [-0.15, -0.1) is 0 Å². The standard InChI is InChI=1S/3C8H16O2.Fe/c3*1-3-5-6-7(4-2)8(9)10;/h3*7H,3-6H2,1-2H3,(H,9,10);/q;;;+3/p-3. The van der Waals surface area contributed by atoms with Gasteiger partial charge in [0.05, 0.1) is 0 Å². The van der Waals surface area contributed by atoms with Crippen molar-refractivity contribution in [2.45, 2.75) is 119 Å². The average Bonchev–Trinajstić information content (AvgIpc) is 2.70. The van der Waals surface area contributed by atoms with Crippen molar-refractivity contribution in [1.29, 1.82) is 0 Å². The third-order valence-corrected chi connectivity index (χ3v) is 5.20. The summed E-state index contributed by atoms with van der Waals surface area (Å²) in [6, 6.07) is 0. The summed E-state index contributed by atoms with van der Waals surface area (Å²) in [5.41, 5.74) is 0. The third-order valence-electron chi connectivity index (χ3n) is 5.20. The summed E-state index contributed by atoms with van der Waals surface area (Å²) >= 11 is 0. The van der Waals surface area contributed by atoms with E-state index in [0.29, 0.717) is 19.3 Å². The molecule has 185 valence electrons. The molecule has 0 saturated heterocycles. The molecule has 31 heavy (non-hydrogen) atoms. The van der Waals surface area contributed by atoms with E-state index >= 15 is 0 Å². The fourth-order valence-electron chi connectivity index (χ4n) is 2.82. The minimum absolute atomic E-state index is 0. The monoisotopic (exact) mass is 485 g/mol. The van der Waals surface area contributed by atoms with Gasteiger partial charge in [-0.3, -0.25) is 0 Å². The number of unbranched alkanes of at least 4 members (excludes halogenated alkanes) is 3. The molecule has 0 heterocycles. The molecule has 0 aromatic rings. The van der Waals surface area contributed by atoms with Gasteiger partial charge in [-0.1, -0.05) is 80.1 Å². The van der Waals surface area contributed by atoms with Crippen LogP contribution in [0.15, 0.2) is 0 Å². The van der Waals surface area contributed by atoms with Crippen LogP contribution in [0.25, 0.3) is 0 Å². The second kappa shape index (κ2) is 27.0. The maximum absolute atomic E-state index is 10.3. The van der Waals surface area contributed by atoms with Gasteiger partial charge in [0.2, 0.25) is 0 Å². The van der Waals surface area contributed by atoms with Crippen molar-refractivity contribution in [3.05, 3.63) is 0 Å². The van der Waals surface area contributed by atoms with Gasteiger partial charge in [0.15, 0.2) is 0 Å². The van der Waals surface area contributed by atoms with Crippen LogP contribution in [0.1, 0.15) is 119 Å². The van der Waals surface area contributed by atoms with Crippen LogP contribution in [0, 0.1) is 17.8 Å². The van der Waals surface area contributed by atoms with E-state index in [1.807, 2.05) is 20.8 Å². The Morgan fingerprint density at radius 3 is 0.806 bits per heavy atom. The molecule has 0 aromatic heterocycles. The van der Waals surface area contributed by atoms with E-state index in [1.165, 1.54) is 0 Å². The van der Waals surface area contributed by atoms with E-state index in [2.05, 4.69) is 20.8 Å². The normalized spacial score (nSPS) is 12.6. The first-order chi connectivity index (χ1) is 14.2. The first kappa shape index (κ1) is 37.3. The van der Waals surface area contributed by atoms with Crippen molar-refractivity contribution >= 4 is 17.9 Å². The zero-order valence-electron chi connectivity index (χ0n) is 20.5. The van der Waals surface area contributed by atoms with Gasteiger partial charge in [0, 0.05) is 17.9 Å². The van der Waals surface area contributed by atoms with Crippen molar-refractivity contribution in [2.75, 3.05) is 0 Å². The average molecular weight is 485 g/mol. The van der Waals surface area contributed by atoms with Crippen LogP contribution in [0.2, 0.25) is 0 Å². The van der Waals surface area contributed by atoms with Crippen LogP contribution in [0.3, 0.4) is 0 Å². The summed E-state index contributed by atoms with van der Waals surface area (Å²) in [5, 5.41) is 31.0. The SMILES string of the molecule is CCCCC(CC)C(=O)[O-].CCCCC(CC)C(=O)[O-].CCCCC(CC)C(=O)[O-].[Fe+3]. The first-order valence-corrected chi connectivity index (χ1v) is 11.8. The van der Waals surface area contributed by atoms with Crippen molar-refractivity contribution < 1.29 is 46.8 Å². The summed E-state index contributed by atoms with van der Waals surface area (Å²) in [4.78, 5) is 31.0. The molecule has 0 aliphatic rings. The minimum atomic E-state index is -0.893. The molecule has 7 heteroatoms. The number of hydrogen-bond acceptors (Lipinski definition) is 6. The molecule has 0 aromatic carbocycles. The summed E-state index contributed by atoms with van der Waals surface area (Å²) < 4.78 is 0. The zero-order valence-corrected chi connectivity index (χ0v) is 21.6. The van der Waals surface area contributed by atoms with Crippen LogP contribution in [0.5, 0.6) is 0 Å². The number of carbonyl (C=O) groups excluding carboxylic acids is 3. The number of aliphatic carboxylic acids is 3. The Balaban J connectivity index is -0.000000174. The molecule has 0 bridgehead atoms. The van der Waals surface area contributed by atoms with Crippen LogP contribution in [0.4, 0.5) is 0 Å². The summed E-state index contributed by atoms with van der Waals surface area (Å²) in [7, 11) is 0. The molecule has 0 saturated carbocycles. The fraction of sp³-hybridized carbons (Fsp3) is 0.875. The maximum atomic E-state index is 10.3. The van der Waals surface area contributed by atoms with E-state index in [9.17, 15) is 29.7 Å². The first-order valence-electron chi connectivity index (χ1n) is 11.8. The second-order valence-corrected chi connectivity index (χ2v) is 7.70. The van der Waals surface area contributed by atoms with Gasteiger partial charge in [-0.2, -0.15) is 0 Å². The molecular formula is C24H45FeO6. The van der Waals surface area contributed by atoms with E-state index in [0.717, 1.165) is 57.8 Å². The van der Waals surface area contributed by atoms with Crippen molar-refractivity contribution in [2.24, 2.45) is 17.8 Å². The number of carboxylic acids is 3. The van der Waals surface area contributed by atoms with Gasteiger partial charge in [-0.25, -0.2) is 0 Å². The number of carbonyl (C=O) groups is 3. The summed E-state index contributed by atoms with van der Waals surface area (Å²) in [6.45, 7) is 11.8. The van der Waals surface area contributed by atoms with Gasteiger partial charge in [0.25, 0.3) is 0 Å². The van der Waals surface area contributed by atoms with Crippen molar-refractivity contribution in [3.8, 4) is 0 Å². The molecule has 0 rings (SSSR count). The third kappa shape index (κ3) is 25.1. The molecule has 0 fully saturated rings. The van der Waals surface area contributed by atoms with E-state index in [-0.39, 0.29) is 34.8 Å². The number of rotatable bonds is 15. The van der Waals surface area contributed by atoms with E-state index < -0.39 is 17.9 Å². The smallest absolute Gasteiger partial charge is 0.550 e. The van der Waals surface area contributed by atoms with Gasteiger partial charge < -0.3 is 29.7 Å².